The molecule has 8 nitrogen and oxygen atoms in total. The van der Waals surface area contributed by atoms with E-state index in [1.807, 2.05) is 0 Å². The fourth-order valence-corrected chi connectivity index (χ4v) is 3.99. The van der Waals surface area contributed by atoms with E-state index in [4.69, 9.17) is 25.8 Å². The molecule has 0 unspecified atom stereocenters. The van der Waals surface area contributed by atoms with Gasteiger partial charge in [0.05, 0.1) is 26.2 Å². The van der Waals surface area contributed by atoms with Crippen LogP contribution in [0.25, 0.3) is 6.08 Å². The van der Waals surface area contributed by atoms with E-state index in [1.54, 1.807) is 30.3 Å². The Morgan fingerprint density at radius 2 is 1.69 bits per heavy atom. The largest absolute Gasteiger partial charge is 0.493 e. The van der Waals surface area contributed by atoms with Crippen LogP contribution in [0.2, 0.25) is 5.02 Å². The van der Waals surface area contributed by atoms with Crippen LogP contribution in [0.1, 0.15) is 15.9 Å². The summed E-state index contributed by atoms with van der Waals surface area (Å²) in [5, 5.41) is 2.89. The molecule has 0 bridgehead atoms. The highest BCUT2D eigenvalue weighted by Crippen LogP contribution is 2.38. The molecule has 0 aliphatic carbocycles. The molecular weight excluding hydrogens is 456 g/mol. The average Bonchev–Trinajstić information content (AvgIpc) is 3.06. The monoisotopic (exact) mass is 476 g/mol. The quantitative estimate of drug-likeness (QED) is 0.578. The molecule has 1 saturated heterocycles. The lowest BCUT2D eigenvalue weighted by molar-refractivity contribution is -0.122. The van der Waals surface area contributed by atoms with Crippen LogP contribution in [-0.4, -0.2) is 56.4 Å². The molecule has 168 valence electrons. The number of nitrogens with zero attached hydrogens (tertiary/aromatic N) is 1. The van der Waals surface area contributed by atoms with Gasteiger partial charge in [-0.3, -0.25) is 19.3 Å². The van der Waals surface area contributed by atoms with E-state index in [9.17, 15) is 14.4 Å². The molecule has 1 N–H and O–H groups in total. The highest BCUT2D eigenvalue weighted by atomic mass is 35.5. The Bertz CT molecular complexity index is 1050. The molecule has 0 saturated carbocycles. The number of nitrogens with one attached hydrogen (secondary N) is 1. The van der Waals surface area contributed by atoms with Gasteiger partial charge >= 0.3 is 0 Å². The molecule has 0 spiro atoms. The van der Waals surface area contributed by atoms with E-state index >= 15 is 0 Å². The summed E-state index contributed by atoms with van der Waals surface area (Å²) < 4.78 is 15.7. The SMILES string of the molecule is COc1cc(C(=O)NCCN2C(=O)S/C(=C\c3ccc(Cl)cc3)C2=O)cc(OC)c1OC. The number of benzene rings is 2. The van der Waals surface area contributed by atoms with Crippen molar-refractivity contribution in [2.75, 3.05) is 34.4 Å². The number of hydrogen-bond acceptors (Lipinski definition) is 7. The van der Waals surface area contributed by atoms with Crippen molar-refractivity contribution in [1.82, 2.24) is 10.2 Å². The molecule has 1 aliphatic heterocycles. The van der Waals surface area contributed by atoms with E-state index in [2.05, 4.69) is 5.32 Å². The highest BCUT2D eigenvalue weighted by molar-refractivity contribution is 8.18. The van der Waals surface area contributed by atoms with Crippen molar-refractivity contribution in [2.45, 2.75) is 0 Å². The zero-order valence-electron chi connectivity index (χ0n) is 17.6. The van der Waals surface area contributed by atoms with E-state index < -0.39 is 17.1 Å². The van der Waals surface area contributed by atoms with Crippen molar-refractivity contribution in [1.29, 1.82) is 0 Å². The molecule has 10 heteroatoms. The third-order valence-electron chi connectivity index (χ3n) is 4.59. The molecule has 32 heavy (non-hydrogen) atoms. The minimum absolute atomic E-state index is 0.0405. The van der Waals surface area contributed by atoms with Crippen molar-refractivity contribution in [3.05, 3.63) is 57.5 Å². The lowest BCUT2D eigenvalue weighted by atomic mass is 10.1. The minimum Gasteiger partial charge on any atom is -0.493 e. The van der Waals surface area contributed by atoms with E-state index in [0.717, 1.165) is 22.2 Å². The van der Waals surface area contributed by atoms with Gasteiger partial charge in [0.15, 0.2) is 11.5 Å². The van der Waals surface area contributed by atoms with Crippen molar-refractivity contribution in [3.8, 4) is 17.2 Å². The Balaban J connectivity index is 1.64. The molecular formula is C22H21ClN2O6S. The van der Waals surface area contributed by atoms with Gasteiger partial charge in [-0.2, -0.15) is 0 Å². The zero-order chi connectivity index (χ0) is 23.3. The van der Waals surface area contributed by atoms with Crippen LogP contribution in [-0.2, 0) is 4.79 Å². The van der Waals surface area contributed by atoms with Crippen LogP contribution in [0.15, 0.2) is 41.3 Å². The number of ether oxygens (including phenoxy) is 3. The standard InChI is InChI=1S/C22H21ClN2O6S/c1-29-16-11-14(12-17(30-2)19(16)31-3)20(26)24-8-9-25-21(27)18(32-22(25)28)10-13-4-6-15(23)7-5-13/h4-7,10-12H,8-9H2,1-3H3,(H,24,26)/b18-10-. The predicted octanol–water partition coefficient (Wildman–Crippen LogP) is 3.83. The number of carbonyl (C=O) groups is 3. The number of methoxy groups -OCH3 is 3. The molecule has 1 aliphatic rings. The molecule has 1 fully saturated rings. The summed E-state index contributed by atoms with van der Waals surface area (Å²) in [5.74, 6) is 0.243. The number of hydrogen-bond donors (Lipinski definition) is 1. The molecule has 2 aromatic rings. The Morgan fingerprint density at radius 1 is 1.06 bits per heavy atom. The second-order valence-corrected chi connectivity index (χ2v) is 7.98. The van der Waals surface area contributed by atoms with Crippen LogP contribution in [0.5, 0.6) is 17.2 Å². The van der Waals surface area contributed by atoms with Crippen LogP contribution in [0.4, 0.5) is 4.79 Å². The maximum absolute atomic E-state index is 12.6. The first-order valence-corrected chi connectivity index (χ1v) is 10.7. The van der Waals surface area contributed by atoms with Gasteiger partial charge in [0.2, 0.25) is 5.75 Å². The lowest BCUT2D eigenvalue weighted by Crippen LogP contribution is -2.37. The van der Waals surface area contributed by atoms with E-state index in [-0.39, 0.29) is 18.7 Å². The van der Waals surface area contributed by atoms with Crippen LogP contribution in [0.3, 0.4) is 0 Å². The first-order chi connectivity index (χ1) is 15.4. The number of halogens is 1. The first-order valence-electron chi connectivity index (χ1n) is 9.47. The maximum atomic E-state index is 12.6. The minimum atomic E-state index is -0.409. The van der Waals surface area contributed by atoms with Crippen molar-refractivity contribution in [2.24, 2.45) is 0 Å². The van der Waals surface area contributed by atoms with Gasteiger partial charge in [0.25, 0.3) is 17.1 Å². The predicted molar refractivity (Wildman–Crippen MR) is 123 cm³/mol. The van der Waals surface area contributed by atoms with Gasteiger partial charge in [-0.05, 0) is 47.7 Å². The molecule has 1 heterocycles. The normalized spacial score (nSPS) is 14.6. The molecule has 2 aromatic carbocycles. The van der Waals surface area contributed by atoms with Gasteiger partial charge in [-0.1, -0.05) is 23.7 Å². The number of amides is 3. The van der Waals surface area contributed by atoms with E-state index in [1.165, 1.54) is 33.5 Å². The van der Waals surface area contributed by atoms with Gasteiger partial charge < -0.3 is 19.5 Å². The summed E-state index contributed by atoms with van der Waals surface area (Å²) in [6.45, 7) is 0.126. The molecule has 0 atom stereocenters. The molecule has 3 rings (SSSR count). The molecule has 3 amide bonds. The topological polar surface area (TPSA) is 94.2 Å². The number of carbonyl (C=O) groups excluding carboxylic acids is 3. The third-order valence-corrected chi connectivity index (χ3v) is 5.75. The van der Waals surface area contributed by atoms with Crippen LogP contribution >= 0.6 is 23.4 Å². The van der Waals surface area contributed by atoms with Gasteiger partial charge in [0, 0.05) is 23.7 Å². The van der Waals surface area contributed by atoms with Crippen molar-refractivity contribution >= 4 is 46.5 Å². The average molecular weight is 477 g/mol. The highest BCUT2D eigenvalue weighted by Gasteiger charge is 2.34. The first kappa shape index (κ1) is 23.5. The van der Waals surface area contributed by atoms with Crippen molar-refractivity contribution < 1.29 is 28.6 Å². The van der Waals surface area contributed by atoms with Crippen LogP contribution < -0.4 is 19.5 Å². The Labute approximate surface area is 194 Å². The zero-order valence-corrected chi connectivity index (χ0v) is 19.2. The fraction of sp³-hybridized carbons (Fsp3) is 0.227. The summed E-state index contributed by atoms with van der Waals surface area (Å²) in [6, 6.07) is 9.96. The summed E-state index contributed by atoms with van der Waals surface area (Å²) in [5.41, 5.74) is 1.05. The Morgan fingerprint density at radius 3 is 2.25 bits per heavy atom. The number of imide groups is 1. The number of rotatable bonds is 8. The van der Waals surface area contributed by atoms with Gasteiger partial charge in [-0.15, -0.1) is 0 Å². The second-order valence-electron chi connectivity index (χ2n) is 6.55. The van der Waals surface area contributed by atoms with Gasteiger partial charge in [-0.25, -0.2) is 0 Å². The molecule has 0 aromatic heterocycles. The lowest BCUT2D eigenvalue weighted by Gasteiger charge is -2.15. The van der Waals surface area contributed by atoms with Crippen molar-refractivity contribution in [3.63, 3.8) is 0 Å². The summed E-state index contributed by atoms with van der Waals surface area (Å²) in [6.07, 6.45) is 1.63. The molecule has 0 radical (unpaired) electrons. The summed E-state index contributed by atoms with van der Waals surface area (Å²) in [7, 11) is 4.38. The van der Waals surface area contributed by atoms with Crippen LogP contribution in [0, 0.1) is 0 Å². The maximum Gasteiger partial charge on any atom is 0.293 e. The number of thioether (sulfide) groups is 1. The Hall–Kier alpha value is -3.17. The smallest absolute Gasteiger partial charge is 0.293 e. The summed E-state index contributed by atoms with van der Waals surface area (Å²) >= 11 is 6.73. The third kappa shape index (κ3) is 5.17. The fourth-order valence-electron chi connectivity index (χ4n) is 3.00. The van der Waals surface area contributed by atoms with Gasteiger partial charge in [0.1, 0.15) is 0 Å². The summed E-state index contributed by atoms with van der Waals surface area (Å²) in [4.78, 5) is 38.9. The second kappa shape index (κ2) is 10.4. The Kier molecular flexibility index (Phi) is 7.66. The van der Waals surface area contributed by atoms with E-state index in [0.29, 0.717) is 27.2 Å².